The van der Waals surface area contributed by atoms with Gasteiger partial charge >= 0.3 is 5.97 Å². The summed E-state index contributed by atoms with van der Waals surface area (Å²) in [5, 5.41) is 0.701. The number of imidazole rings is 1. The number of benzene rings is 2. The zero-order valence-electron chi connectivity index (χ0n) is 16.1. The summed E-state index contributed by atoms with van der Waals surface area (Å²) < 4.78 is 36.3. The molecule has 0 saturated heterocycles. The van der Waals surface area contributed by atoms with Crippen LogP contribution < -0.4 is 4.74 Å². The molecule has 0 aliphatic rings. The van der Waals surface area contributed by atoms with Gasteiger partial charge in [0.25, 0.3) is 0 Å². The molecule has 0 aliphatic heterocycles. The average molecular weight is 469 g/mol. The molecule has 1 heterocycles. The Morgan fingerprint density at radius 3 is 2.43 bits per heavy atom. The lowest BCUT2D eigenvalue weighted by Crippen LogP contribution is -2.12. The third-order valence-electron chi connectivity index (χ3n) is 4.12. The molecule has 0 fully saturated rings. The zero-order valence-corrected chi connectivity index (χ0v) is 18.5. The van der Waals surface area contributed by atoms with Crippen molar-refractivity contribution in [1.82, 2.24) is 9.55 Å². The number of ether oxygens (including phenoxy) is 2. The highest BCUT2D eigenvalue weighted by molar-refractivity contribution is 7.91. The second-order valence-electron chi connectivity index (χ2n) is 6.19. The first kappa shape index (κ1) is 22.1. The van der Waals surface area contributed by atoms with Gasteiger partial charge in [0.2, 0.25) is 9.84 Å². The molecule has 1 aromatic heterocycles. The first-order chi connectivity index (χ1) is 14.2. The summed E-state index contributed by atoms with van der Waals surface area (Å²) in [4.78, 5) is 15.1. The summed E-state index contributed by atoms with van der Waals surface area (Å²) in [6.07, 6.45) is 1.53. The fraction of sp³-hybridized carbons (Fsp3) is 0.200. The highest BCUT2D eigenvalue weighted by Crippen LogP contribution is 2.35. The average Bonchev–Trinajstić information content (AvgIpc) is 3.10. The maximum Gasteiger partial charge on any atom is 0.303 e. The van der Waals surface area contributed by atoms with Crippen molar-refractivity contribution in [3.05, 3.63) is 59.0 Å². The fourth-order valence-electron chi connectivity index (χ4n) is 2.74. The zero-order chi connectivity index (χ0) is 21.9. The maximum absolute atomic E-state index is 12.3. The lowest BCUT2D eigenvalue weighted by Gasteiger charge is -2.12. The third kappa shape index (κ3) is 4.77. The molecule has 0 atom stereocenters. The second kappa shape index (κ2) is 9.07. The molecule has 0 spiro atoms. The second-order valence-corrected chi connectivity index (χ2v) is 8.90. The molecule has 0 unspecified atom stereocenters. The molecule has 2 aromatic carbocycles. The van der Waals surface area contributed by atoms with E-state index in [4.69, 9.17) is 27.9 Å². The Hall–Kier alpha value is -2.55. The summed E-state index contributed by atoms with van der Waals surface area (Å²) >= 11 is 12.6. The molecule has 7 nitrogen and oxygen atoms in total. The standard InChI is InChI=1S/C20H18Cl2N2O5S/c1-3-28-18-9-4-14(10-17(18)21)19-20(22)23-11-24(19)15-5-7-16(8-6-15)30(26,27)12-29-13(2)25/h4-11H,3,12H2,1-2H3. The highest BCUT2D eigenvalue weighted by atomic mass is 35.5. The van der Waals surface area contributed by atoms with E-state index in [0.29, 0.717) is 28.8 Å². The van der Waals surface area contributed by atoms with Crippen LogP contribution >= 0.6 is 23.2 Å². The van der Waals surface area contributed by atoms with E-state index in [1.165, 1.54) is 18.5 Å². The molecule has 0 aliphatic carbocycles. The number of rotatable bonds is 7. The van der Waals surface area contributed by atoms with Gasteiger partial charge in [0, 0.05) is 18.2 Å². The van der Waals surface area contributed by atoms with E-state index in [0.717, 1.165) is 12.5 Å². The molecule has 0 N–H and O–H groups in total. The van der Waals surface area contributed by atoms with Gasteiger partial charge in [-0.3, -0.25) is 9.36 Å². The van der Waals surface area contributed by atoms with Crippen molar-refractivity contribution in [2.75, 3.05) is 12.5 Å². The van der Waals surface area contributed by atoms with Crippen LogP contribution in [0.2, 0.25) is 10.2 Å². The maximum atomic E-state index is 12.3. The van der Waals surface area contributed by atoms with Gasteiger partial charge in [0.15, 0.2) is 11.1 Å². The van der Waals surface area contributed by atoms with Crippen LogP contribution in [0.5, 0.6) is 5.75 Å². The minimum atomic E-state index is -3.75. The van der Waals surface area contributed by atoms with Gasteiger partial charge in [-0.15, -0.1) is 0 Å². The van der Waals surface area contributed by atoms with Crippen LogP contribution in [0, 0.1) is 0 Å². The molecule has 30 heavy (non-hydrogen) atoms. The quantitative estimate of drug-likeness (QED) is 0.473. The number of hydrogen-bond donors (Lipinski definition) is 0. The Bertz CT molecular complexity index is 1170. The van der Waals surface area contributed by atoms with E-state index < -0.39 is 21.7 Å². The summed E-state index contributed by atoms with van der Waals surface area (Å²) in [6, 6.07) is 11.4. The molecule has 10 heteroatoms. The van der Waals surface area contributed by atoms with E-state index in [9.17, 15) is 13.2 Å². The molecule has 0 amide bonds. The number of halogens is 2. The van der Waals surface area contributed by atoms with Crippen LogP contribution in [0.3, 0.4) is 0 Å². The van der Waals surface area contributed by atoms with Crippen LogP contribution in [0.15, 0.2) is 53.7 Å². The van der Waals surface area contributed by atoms with Gasteiger partial charge in [-0.2, -0.15) is 0 Å². The number of carbonyl (C=O) groups is 1. The van der Waals surface area contributed by atoms with Gasteiger partial charge in [-0.05, 0) is 49.4 Å². The third-order valence-corrected chi connectivity index (χ3v) is 6.11. The Labute approximate surface area is 184 Å². The Balaban J connectivity index is 1.95. The van der Waals surface area contributed by atoms with Crippen LogP contribution in [-0.4, -0.2) is 36.5 Å². The number of hydrogen-bond acceptors (Lipinski definition) is 6. The summed E-state index contributed by atoms with van der Waals surface area (Å²) in [5.41, 5.74) is 1.95. The van der Waals surface area contributed by atoms with Crippen LogP contribution in [0.25, 0.3) is 16.9 Å². The molecule has 0 radical (unpaired) electrons. The fourth-order valence-corrected chi connectivity index (χ4v) is 4.23. The summed E-state index contributed by atoms with van der Waals surface area (Å²) in [7, 11) is -3.75. The van der Waals surface area contributed by atoms with Gasteiger partial charge in [-0.1, -0.05) is 23.2 Å². The van der Waals surface area contributed by atoms with Crippen molar-refractivity contribution in [3.8, 4) is 22.7 Å². The van der Waals surface area contributed by atoms with E-state index in [1.54, 1.807) is 28.8 Å². The molecular formula is C20H18Cl2N2O5S. The highest BCUT2D eigenvalue weighted by Gasteiger charge is 2.18. The van der Waals surface area contributed by atoms with Crippen molar-refractivity contribution in [2.45, 2.75) is 18.7 Å². The number of aromatic nitrogens is 2. The monoisotopic (exact) mass is 468 g/mol. The normalized spacial score (nSPS) is 11.3. The largest absolute Gasteiger partial charge is 0.492 e. The molecule has 0 saturated carbocycles. The molecule has 158 valence electrons. The molecule has 3 aromatic rings. The predicted molar refractivity (Wildman–Crippen MR) is 114 cm³/mol. The summed E-state index contributed by atoms with van der Waals surface area (Å²) in [6.45, 7) is 3.51. The number of carbonyl (C=O) groups excluding carboxylic acids is 1. The molecular weight excluding hydrogens is 451 g/mol. The van der Waals surface area contributed by atoms with Gasteiger partial charge in [0.1, 0.15) is 12.1 Å². The first-order valence-electron chi connectivity index (χ1n) is 8.85. The van der Waals surface area contributed by atoms with Gasteiger partial charge < -0.3 is 9.47 Å². The Morgan fingerprint density at radius 1 is 1.13 bits per heavy atom. The van der Waals surface area contributed by atoms with E-state index >= 15 is 0 Å². The van der Waals surface area contributed by atoms with E-state index in [2.05, 4.69) is 9.72 Å². The van der Waals surface area contributed by atoms with E-state index in [1.807, 2.05) is 13.0 Å². The first-order valence-corrected chi connectivity index (χ1v) is 11.3. The lowest BCUT2D eigenvalue weighted by atomic mass is 10.1. The molecule has 0 bridgehead atoms. The smallest absolute Gasteiger partial charge is 0.303 e. The number of esters is 1. The SMILES string of the molecule is CCOc1ccc(-c2c(Cl)ncn2-c2ccc(S(=O)(=O)COC(C)=O)cc2)cc1Cl. The van der Waals surface area contributed by atoms with Crippen LogP contribution in [0.4, 0.5) is 0 Å². The molecule has 3 rings (SSSR count). The van der Waals surface area contributed by atoms with Gasteiger partial charge in [0.05, 0.1) is 22.2 Å². The van der Waals surface area contributed by atoms with Crippen molar-refractivity contribution in [1.29, 1.82) is 0 Å². The number of nitrogens with zero attached hydrogens (tertiary/aromatic N) is 2. The predicted octanol–water partition coefficient (Wildman–Crippen LogP) is 4.54. The van der Waals surface area contributed by atoms with Gasteiger partial charge in [-0.25, -0.2) is 13.4 Å². The van der Waals surface area contributed by atoms with Crippen molar-refractivity contribution >= 4 is 39.0 Å². The number of sulfone groups is 1. The van der Waals surface area contributed by atoms with Crippen molar-refractivity contribution < 1.29 is 22.7 Å². The minimum absolute atomic E-state index is 0.0318. The van der Waals surface area contributed by atoms with E-state index in [-0.39, 0.29) is 10.0 Å². The van der Waals surface area contributed by atoms with Crippen LogP contribution in [0.1, 0.15) is 13.8 Å². The minimum Gasteiger partial charge on any atom is -0.492 e. The van der Waals surface area contributed by atoms with Crippen molar-refractivity contribution in [3.63, 3.8) is 0 Å². The van der Waals surface area contributed by atoms with Crippen LogP contribution in [-0.2, 0) is 19.4 Å². The summed E-state index contributed by atoms with van der Waals surface area (Å²) in [5.74, 6) is -0.816. The Kier molecular flexibility index (Phi) is 6.70. The topological polar surface area (TPSA) is 87.5 Å². The lowest BCUT2D eigenvalue weighted by molar-refractivity contribution is -0.138. The van der Waals surface area contributed by atoms with Crippen molar-refractivity contribution in [2.24, 2.45) is 0 Å². The Morgan fingerprint density at radius 2 is 1.83 bits per heavy atom.